The molecule has 6 heteroatoms. The quantitative estimate of drug-likeness (QED) is 0.241. The van der Waals surface area contributed by atoms with Gasteiger partial charge in [0.25, 0.3) is 11.8 Å². The fourth-order valence-electron chi connectivity index (χ4n) is 6.52. The lowest BCUT2D eigenvalue weighted by Gasteiger charge is -2.26. The van der Waals surface area contributed by atoms with Crippen LogP contribution in [-0.2, 0) is 11.2 Å². The van der Waals surface area contributed by atoms with Gasteiger partial charge in [0.15, 0.2) is 0 Å². The summed E-state index contributed by atoms with van der Waals surface area (Å²) in [6, 6.07) is 32.8. The van der Waals surface area contributed by atoms with E-state index >= 15 is 0 Å². The monoisotopic (exact) mass is 583 g/mol. The Labute approximate surface area is 259 Å². The van der Waals surface area contributed by atoms with Gasteiger partial charge in [-0.1, -0.05) is 78.4 Å². The Kier molecular flexibility index (Phi) is 8.16. The minimum atomic E-state index is -0.200. The molecule has 0 fully saturated rings. The van der Waals surface area contributed by atoms with E-state index in [-0.39, 0.29) is 23.1 Å². The van der Waals surface area contributed by atoms with E-state index in [1.54, 1.807) is 36.1 Å². The zero-order valence-electron chi connectivity index (χ0n) is 25.3. The van der Waals surface area contributed by atoms with E-state index in [2.05, 4.69) is 17.5 Å². The Morgan fingerprint density at radius 3 is 2.32 bits per heavy atom. The summed E-state index contributed by atoms with van der Waals surface area (Å²) < 4.78 is 0. The fraction of sp³-hybridized carbons (Fsp3) is 0.237. The van der Waals surface area contributed by atoms with Crippen molar-refractivity contribution in [2.24, 2.45) is 5.41 Å². The van der Waals surface area contributed by atoms with Crippen molar-refractivity contribution in [3.63, 3.8) is 0 Å². The Bertz CT molecular complexity index is 1730. The SMILES string of the molecule is CC(=O)N(C)CC1=CC2(CC1)CCN(C(=O)c1ccc(NC(=O)c3ccccc3-c3ccccc3)cc1)c1ccccc1C2. The molecule has 1 aliphatic heterocycles. The van der Waals surface area contributed by atoms with Crippen LogP contribution in [-0.4, -0.2) is 42.8 Å². The van der Waals surface area contributed by atoms with Crippen LogP contribution in [0.2, 0.25) is 0 Å². The maximum Gasteiger partial charge on any atom is 0.258 e. The van der Waals surface area contributed by atoms with Gasteiger partial charge in [0, 0.05) is 49.6 Å². The van der Waals surface area contributed by atoms with Crippen molar-refractivity contribution in [1.82, 2.24) is 4.90 Å². The van der Waals surface area contributed by atoms with Crippen LogP contribution < -0.4 is 10.2 Å². The predicted octanol–water partition coefficient (Wildman–Crippen LogP) is 7.38. The Morgan fingerprint density at radius 1 is 0.841 bits per heavy atom. The number of para-hydroxylation sites is 1. The molecule has 0 saturated carbocycles. The number of nitrogens with one attached hydrogen (secondary N) is 1. The predicted molar refractivity (Wildman–Crippen MR) is 176 cm³/mol. The third-order valence-electron chi connectivity index (χ3n) is 8.98. The number of anilines is 2. The van der Waals surface area contributed by atoms with Crippen LogP contribution in [0.4, 0.5) is 11.4 Å². The van der Waals surface area contributed by atoms with E-state index in [0.717, 1.165) is 48.1 Å². The van der Waals surface area contributed by atoms with Crippen molar-refractivity contribution in [2.45, 2.75) is 32.6 Å². The van der Waals surface area contributed by atoms with Gasteiger partial charge >= 0.3 is 0 Å². The van der Waals surface area contributed by atoms with Gasteiger partial charge < -0.3 is 15.1 Å². The normalized spacial score (nSPS) is 17.4. The van der Waals surface area contributed by atoms with E-state index in [4.69, 9.17) is 0 Å². The van der Waals surface area contributed by atoms with Gasteiger partial charge in [-0.2, -0.15) is 0 Å². The fourth-order valence-corrected chi connectivity index (χ4v) is 6.52. The number of carbonyl (C=O) groups excluding carboxylic acids is 3. The second-order valence-corrected chi connectivity index (χ2v) is 12.0. The van der Waals surface area contributed by atoms with Crippen molar-refractivity contribution < 1.29 is 14.4 Å². The van der Waals surface area contributed by atoms with E-state index in [1.807, 2.05) is 84.7 Å². The van der Waals surface area contributed by atoms with E-state index in [9.17, 15) is 14.4 Å². The molecule has 2 aliphatic rings. The number of amides is 3. The summed E-state index contributed by atoms with van der Waals surface area (Å²) in [6.07, 6.45) is 6.10. The zero-order valence-corrected chi connectivity index (χ0v) is 25.3. The van der Waals surface area contributed by atoms with E-state index in [1.165, 1.54) is 5.57 Å². The summed E-state index contributed by atoms with van der Waals surface area (Å²) in [5.74, 6) is -0.188. The summed E-state index contributed by atoms with van der Waals surface area (Å²) >= 11 is 0. The summed E-state index contributed by atoms with van der Waals surface area (Å²) in [5, 5.41) is 3.00. The standard InChI is InChI=1S/C38H37N3O3/c1-27(42)40(2)26-28-20-21-38(24-28)22-23-41(35-15-9-6-12-31(35)25-38)37(44)30-16-18-32(19-17-30)39-36(43)34-14-8-7-13-33(34)29-10-4-3-5-11-29/h3-19,24H,20-23,25-26H2,1-2H3,(H,39,43). The molecule has 3 amide bonds. The molecule has 4 aromatic carbocycles. The van der Waals surface area contributed by atoms with Gasteiger partial charge in [0.2, 0.25) is 5.91 Å². The number of carbonyl (C=O) groups is 3. The highest BCUT2D eigenvalue weighted by molar-refractivity contribution is 6.10. The molecule has 1 aliphatic carbocycles. The lowest BCUT2D eigenvalue weighted by Crippen LogP contribution is -2.33. The molecule has 0 aromatic heterocycles. The molecule has 0 bridgehead atoms. The van der Waals surface area contributed by atoms with Crippen molar-refractivity contribution >= 4 is 29.1 Å². The molecular formula is C38H37N3O3. The third-order valence-corrected chi connectivity index (χ3v) is 8.98. The van der Waals surface area contributed by atoms with Crippen LogP contribution >= 0.6 is 0 Å². The molecule has 1 N–H and O–H groups in total. The molecule has 44 heavy (non-hydrogen) atoms. The molecule has 1 spiro atoms. The molecule has 1 unspecified atom stereocenters. The minimum absolute atomic E-state index is 0.0255. The van der Waals surface area contributed by atoms with Crippen LogP contribution in [0.15, 0.2) is 115 Å². The number of hydrogen-bond donors (Lipinski definition) is 1. The first kappa shape index (κ1) is 29.1. The van der Waals surface area contributed by atoms with Gasteiger partial charge in [-0.25, -0.2) is 0 Å². The maximum atomic E-state index is 13.9. The summed E-state index contributed by atoms with van der Waals surface area (Å²) in [5.41, 5.74) is 7.02. The number of allylic oxidation sites excluding steroid dienone is 1. The molecule has 0 saturated heterocycles. The average molecular weight is 584 g/mol. The van der Waals surface area contributed by atoms with Gasteiger partial charge in [0.05, 0.1) is 0 Å². The zero-order chi connectivity index (χ0) is 30.7. The number of benzene rings is 4. The Balaban J connectivity index is 1.19. The van der Waals surface area contributed by atoms with Crippen LogP contribution in [0.5, 0.6) is 0 Å². The van der Waals surface area contributed by atoms with Gasteiger partial charge in [-0.3, -0.25) is 14.4 Å². The Morgan fingerprint density at radius 2 is 1.55 bits per heavy atom. The molecule has 1 heterocycles. The summed E-state index contributed by atoms with van der Waals surface area (Å²) in [6.45, 7) is 2.86. The number of fused-ring (bicyclic) bond motifs is 1. The number of rotatable bonds is 6. The molecule has 1 atom stereocenters. The molecule has 222 valence electrons. The first-order valence-corrected chi connectivity index (χ1v) is 15.2. The van der Waals surface area contributed by atoms with Crippen molar-refractivity contribution in [1.29, 1.82) is 0 Å². The molecule has 4 aromatic rings. The smallest absolute Gasteiger partial charge is 0.258 e. The number of likely N-dealkylation sites (N-methyl/N-ethyl adjacent to an activating group) is 1. The second kappa shape index (κ2) is 12.3. The van der Waals surface area contributed by atoms with E-state index in [0.29, 0.717) is 29.9 Å². The third kappa shape index (κ3) is 6.06. The Hall–Kier alpha value is -4.97. The molecule has 0 radical (unpaired) electrons. The van der Waals surface area contributed by atoms with Crippen LogP contribution in [0.1, 0.15) is 52.5 Å². The summed E-state index contributed by atoms with van der Waals surface area (Å²) in [7, 11) is 1.84. The van der Waals surface area contributed by atoms with Crippen LogP contribution in [0.3, 0.4) is 0 Å². The molecular weight excluding hydrogens is 546 g/mol. The average Bonchev–Trinajstić information content (AvgIpc) is 3.35. The lowest BCUT2D eigenvalue weighted by molar-refractivity contribution is -0.127. The number of hydrogen-bond acceptors (Lipinski definition) is 3. The van der Waals surface area contributed by atoms with Gasteiger partial charge in [0.1, 0.15) is 0 Å². The highest BCUT2D eigenvalue weighted by Crippen LogP contribution is 2.46. The van der Waals surface area contributed by atoms with Crippen LogP contribution in [0.25, 0.3) is 11.1 Å². The molecule has 6 nitrogen and oxygen atoms in total. The van der Waals surface area contributed by atoms with Crippen molar-refractivity contribution in [2.75, 3.05) is 30.4 Å². The van der Waals surface area contributed by atoms with Crippen molar-refractivity contribution in [3.05, 3.63) is 131 Å². The summed E-state index contributed by atoms with van der Waals surface area (Å²) in [4.78, 5) is 42.7. The van der Waals surface area contributed by atoms with Crippen LogP contribution in [0, 0.1) is 5.41 Å². The first-order chi connectivity index (χ1) is 21.3. The second-order valence-electron chi connectivity index (χ2n) is 12.0. The topological polar surface area (TPSA) is 69.7 Å². The van der Waals surface area contributed by atoms with E-state index < -0.39 is 0 Å². The molecule has 6 rings (SSSR count). The first-order valence-electron chi connectivity index (χ1n) is 15.2. The highest BCUT2D eigenvalue weighted by Gasteiger charge is 2.38. The number of nitrogens with zero attached hydrogens (tertiary/aromatic N) is 2. The minimum Gasteiger partial charge on any atom is -0.342 e. The van der Waals surface area contributed by atoms with Gasteiger partial charge in [-0.15, -0.1) is 0 Å². The highest BCUT2D eigenvalue weighted by atomic mass is 16.2. The van der Waals surface area contributed by atoms with Crippen molar-refractivity contribution in [3.8, 4) is 11.1 Å². The largest absolute Gasteiger partial charge is 0.342 e. The maximum absolute atomic E-state index is 13.9. The lowest BCUT2D eigenvalue weighted by atomic mass is 9.79. The van der Waals surface area contributed by atoms with Gasteiger partial charge in [-0.05, 0) is 84.2 Å².